The van der Waals surface area contributed by atoms with Crippen molar-refractivity contribution in [3.05, 3.63) is 18.0 Å². The van der Waals surface area contributed by atoms with E-state index in [1.807, 2.05) is 6.92 Å². The molecule has 0 bridgehead atoms. The predicted molar refractivity (Wildman–Crippen MR) is 101 cm³/mol. The molecule has 4 heterocycles. The number of hydrogen-bond donors (Lipinski definition) is 1. The summed E-state index contributed by atoms with van der Waals surface area (Å²) in [4.78, 5) is 11.2. The summed E-state index contributed by atoms with van der Waals surface area (Å²) in [6.45, 7) is 6.58. The van der Waals surface area contributed by atoms with Crippen LogP contribution in [0.25, 0.3) is 5.95 Å². The van der Waals surface area contributed by atoms with E-state index in [1.165, 1.54) is 23.2 Å². The van der Waals surface area contributed by atoms with E-state index in [-0.39, 0.29) is 29.6 Å². The maximum atomic E-state index is 12.5. The van der Waals surface area contributed by atoms with Gasteiger partial charge in [0.25, 0.3) is 5.95 Å². The van der Waals surface area contributed by atoms with Gasteiger partial charge in [-0.05, 0) is 20.8 Å². The number of aromatic nitrogens is 4. The van der Waals surface area contributed by atoms with E-state index < -0.39 is 14.6 Å². The molecule has 11 heteroatoms. The third-order valence-electron chi connectivity index (χ3n) is 5.32. The lowest BCUT2D eigenvalue weighted by Crippen LogP contribution is -2.56. The zero-order chi connectivity index (χ0) is 20.3. The van der Waals surface area contributed by atoms with E-state index in [0.29, 0.717) is 31.4 Å². The van der Waals surface area contributed by atoms with E-state index in [4.69, 9.17) is 9.47 Å². The Labute approximate surface area is 163 Å². The zero-order valence-corrected chi connectivity index (χ0v) is 17.0. The summed E-state index contributed by atoms with van der Waals surface area (Å²) < 4.78 is 36.6. The lowest BCUT2D eigenvalue weighted by Gasteiger charge is -2.45. The van der Waals surface area contributed by atoms with Crippen molar-refractivity contribution >= 4 is 15.7 Å². The summed E-state index contributed by atoms with van der Waals surface area (Å²) in [5.74, 6) is 0.854. The Bertz CT molecular complexity index is 1020. The van der Waals surface area contributed by atoms with Crippen LogP contribution in [0.3, 0.4) is 0 Å². The van der Waals surface area contributed by atoms with Crippen molar-refractivity contribution in [2.45, 2.75) is 37.6 Å². The lowest BCUT2D eigenvalue weighted by molar-refractivity contribution is 0.0482. The fourth-order valence-electron chi connectivity index (χ4n) is 3.43. The first-order chi connectivity index (χ1) is 13.1. The molecule has 0 saturated carbocycles. The van der Waals surface area contributed by atoms with Crippen LogP contribution in [-0.4, -0.2) is 71.4 Å². The van der Waals surface area contributed by atoms with E-state index >= 15 is 0 Å². The molecule has 2 aliphatic heterocycles. The molecule has 0 aromatic carbocycles. The van der Waals surface area contributed by atoms with Gasteiger partial charge in [0.15, 0.2) is 21.4 Å². The van der Waals surface area contributed by atoms with Crippen molar-refractivity contribution in [3.8, 4) is 17.6 Å². The number of anilines is 1. The molecule has 4 rings (SSSR count). The zero-order valence-electron chi connectivity index (χ0n) is 16.2. The SMILES string of the molecule is C[C@@H]1COCC2COc3c(nc(-n4ccc(O)n4)nc3C(C)(C)S(C)(=O)=O)N21. The Kier molecular flexibility index (Phi) is 4.27. The number of aromatic hydroxyl groups is 1. The van der Waals surface area contributed by atoms with Gasteiger partial charge >= 0.3 is 0 Å². The van der Waals surface area contributed by atoms with Crippen molar-refractivity contribution in [3.63, 3.8) is 0 Å². The molecule has 0 amide bonds. The van der Waals surface area contributed by atoms with Gasteiger partial charge in [0.05, 0.1) is 25.3 Å². The number of hydrogen-bond acceptors (Lipinski definition) is 9. The molecule has 2 aromatic heterocycles. The van der Waals surface area contributed by atoms with Crippen LogP contribution in [0.5, 0.6) is 11.6 Å². The molecule has 1 saturated heterocycles. The van der Waals surface area contributed by atoms with E-state index in [0.717, 1.165) is 0 Å². The van der Waals surface area contributed by atoms with Gasteiger partial charge in [-0.3, -0.25) is 0 Å². The van der Waals surface area contributed by atoms with Gasteiger partial charge in [0.1, 0.15) is 17.0 Å². The van der Waals surface area contributed by atoms with Crippen LogP contribution in [-0.2, 0) is 19.3 Å². The monoisotopic (exact) mass is 409 g/mol. The Balaban J connectivity index is 1.97. The topological polar surface area (TPSA) is 120 Å². The van der Waals surface area contributed by atoms with Crippen molar-refractivity contribution in [1.29, 1.82) is 0 Å². The van der Waals surface area contributed by atoms with E-state index in [1.54, 1.807) is 13.8 Å². The summed E-state index contributed by atoms with van der Waals surface area (Å²) in [5.41, 5.74) is 0.266. The molecule has 2 aromatic rings. The number of ether oxygens (including phenoxy) is 2. The first-order valence-corrected chi connectivity index (χ1v) is 10.8. The number of sulfone groups is 1. The highest BCUT2D eigenvalue weighted by Crippen LogP contribution is 2.43. The Morgan fingerprint density at radius 2 is 2.00 bits per heavy atom. The van der Waals surface area contributed by atoms with Crippen LogP contribution in [0, 0.1) is 0 Å². The fourth-order valence-corrected chi connectivity index (χ4v) is 3.92. The maximum absolute atomic E-state index is 12.5. The summed E-state index contributed by atoms with van der Waals surface area (Å²) in [6, 6.07) is 1.41. The second kappa shape index (κ2) is 6.31. The van der Waals surface area contributed by atoms with Crippen molar-refractivity contribution < 1.29 is 23.0 Å². The van der Waals surface area contributed by atoms with Gasteiger partial charge < -0.3 is 19.5 Å². The summed E-state index contributed by atoms with van der Waals surface area (Å²) in [7, 11) is -3.52. The second-order valence-corrected chi connectivity index (χ2v) is 10.2. The summed E-state index contributed by atoms with van der Waals surface area (Å²) in [6.07, 6.45) is 2.68. The third-order valence-corrected chi connectivity index (χ3v) is 7.36. The molecular weight excluding hydrogens is 386 g/mol. The number of rotatable bonds is 3. The van der Waals surface area contributed by atoms with Crippen molar-refractivity contribution in [2.75, 3.05) is 31.0 Å². The molecule has 10 nitrogen and oxygen atoms in total. The van der Waals surface area contributed by atoms with Crippen molar-refractivity contribution in [2.24, 2.45) is 0 Å². The predicted octanol–water partition coefficient (Wildman–Crippen LogP) is 0.634. The summed E-state index contributed by atoms with van der Waals surface area (Å²) in [5, 5.41) is 13.6. The first-order valence-electron chi connectivity index (χ1n) is 8.95. The third kappa shape index (κ3) is 2.89. The maximum Gasteiger partial charge on any atom is 0.253 e. The molecule has 1 unspecified atom stereocenters. The highest BCUT2D eigenvalue weighted by Gasteiger charge is 2.44. The molecule has 1 N–H and O–H groups in total. The van der Waals surface area contributed by atoms with Crippen molar-refractivity contribution in [1.82, 2.24) is 19.7 Å². The van der Waals surface area contributed by atoms with E-state index in [9.17, 15) is 13.5 Å². The average Bonchev–Trinajstić information content (AvgIpc) is 3.06. The quantitative estimate of drug-likeness (QED) is 0.778. The number of fused-ring (bicyclic) bond motifs is 3. The minimum atomic E-state index is -3.52. The van der Waals surface area contributed by atoms with Crippen LogP contribution < -0.4 is 9.64 Å². The molecular formula is C17H23N5O5S. The number of morpholine rings is 1. The van der Waals surface area contributed by atoms with Crippen LogP contribution in [0.4, 0.5) is 5.82 Å². The molecule has 152 valence electrons. The number of nitrogens with zero attached hydrogens (tertiary/aromatic N) is 5. The molecule has 28 heavy (non-hydrogen) atoms. The van der Waals surface area contributed by atoms with Crippen LogP contribution in [0.1, 0.15) is 26.5 Å². The average molecular weight is 409 g/mol. The molecule has 2 atom stereocenters. The molecule has 0 aliphatic carbocycles. The normalized spacial score (nSPS) is 22.4. The minimum absolute atomic E-state index is 0.0285. The van der Waals surface area contributed by atoms with E-state index in [2.05, 4.69) is 20.0 Å². The van der Waals surface area contributed by atoms with Gasteiger partial charge in [-0.1, -0.05) is 0 Å². The minimum Gasteiger partial charge on any atom is -0.492 e. The smallest absolute Gasteiger partial charge is 0.253 e. The highest BCUT2D eigenvalue weighted by atomic mass is 32.2. The Morgan fingerprint density at radius 3 is 2.64 bits per heavy atom. The largest absolute Gasteiger partial charge is 0.492 e. The van der Waals surface area contributed by atoms with Crippen LogP contribution >= 0.6 is 0 Å². The van der Waals surface area contributed by atoms with Gasteiger partial charge in [0, 0.05) is 18.5 Å². The highest BCUT2D eigenvalue weighted by molar-refractivity contribution is 7.91. The standard InChI is InChI=1S/C17H23N5O5S/c1-10-7-26-8-11-9-27-13-14(17(2,3)28(4,24)25)18-16(19-15(13)22(10)11)21-6-5-12(23)20-21/h5-6,10-11H,7-9H2,1-4H3,(H,20,23)/t10-,11?/m1/s1. The molecule has 0 spiro atoms. The molecule has 1 fully saturated rings. The Morgan fingerprint density at radius 1 is 1.25 bits per heavy atom. The summed E-state index contributed by atoms with van der Waals surface area (Å²) >= 11 is 0. The second-order valence-electron chi connectivity index (χ2n) is 7.68. The fraction of sp³-hybridized carbons (Fsp3) is 0.588. The van der Waals surface area contributed by atoms with Gasteiger partial charge in [-0.25, -0.2) is 18.1 Å². The van der Waals surface area contributed by atoms with Crippen LogP contribution in [0.2, 0.25) is 0 Å². The molecule has 2 aliphatic rings. The molecule has 0 radical (unpaired) electrons. The lowest BCUT2D eigenvalue weighted by atomic mass is 10.0. The van der Waals surface area contributed by atoms with Gasteiger partial charge in [0.2, 0.25) is 5.88 Å². The Hall–Kier alpha value is -2.40. The van der Waals surface area contributed by atoms with Gasteiger partial charge in [-0.15, -0.1) is 5.10 Å². The van der Waals surface area contributed by atoms with Crippen LogP contribution in [0.15, 0.2) is 12.3 Å². The van der Waals surface area contributed by atoms with Gasteiger partial charge in [-0.2, -0.15) is 4.98 Å². The first kappa shape index (κ1) is 18.9.